The molecule has 0 aliphatic heterocycles. The molecular formula is C48H31NOS. The molecule has 10 aromatic rings. The Morgan fingerprint density at radius 1 is 0.353 bits per heavy atom. The highest BCUT2D eigenvalue weighted by molar-refractivity contribution is 7.25. The Labute approximate surface area is 300 Å². The maximum Gasteiger partial charge on any atom is 0.137 e. The molecule has 0 aliphatic carbocycles. The minimum atomic E-state index is 0.877. The molecule has 2 heterocycles. The molecule has 0 N–H and O–H groups in total. The van der Waals surface area contributed by atoms with Gasteiger partial charge in [-0.2, -0.15) is 0 Å². The SMILES string of the molecule is c1ccc(-c2ccc(-c3ccc(N(c4ccc(-c5ccc6sc7ccccc7c6c5)cc4)c4cccc5oc6ccccc6c45)cc3)cc2)cc1. The molecule has 240 valence electrons. The summed E-state index contributed by atoms with van der Waals surface area (Å²) in [6, 6.07) is 67.4. The number of anilines is 3. The lowest BCUT2D eigenvalue weighted by Crippen LogP contribution is -2.10. The van der Waals surface area contributed by atoms with E-state index in [-0.39, 0.29) is 0 Å². The standard InChI is InChI=1S/C48H31NOS/c1-2-9-32(10-3-1)33-17-19-34(20-18-33)35-21-26-38(27-22-35)49(43-13-8-15-45-48(43)41-12-4-6-14-44(41)50-45)39-28-23-36(24-29-39)37-25-30-47-42(31-37)40-11-5-7-16-46(40)51-47/h1-31H. The maximum atomic E-state index is 6.34. The molecule has 0 spiro atoms. The summed E-state index contributed by atoms with van der Waals surface area (Å²) >= 11 is 1.85. The third-order valence-electron chi connectivity index (χ3n) is 9.91. The molecule has 0 amide bonds. The first-order valence-electron chi connectivity index (χ1n) is 17.2. The van der Waals surface area contributed by atoms with Gasteiger partial charge in [0.25, 0.3) is 0 Å². The van der Waals surface area contributed by atoms with E-state index in [0.29, 0.717) is 0 Å². The van der Waals surface area contributed by atoms with Gasteiger partial charge in [0, 0.05) is 36.9 Å². The van der Waals surface area contributed by atoms with E-state index in [1.165, 1.54) is 53.6 Å². The maximum absolute atomic E-state index is 6.34. The molecule has 51 heavy (non-hydrogen) atoms. The largest absolute Gasteiger partial charge is 0.456 e. The summed E-state index contributed by atoms with van der Waals surface area (Å²) in [5, 5.41) is 4.84. The van der Waals surface area contributed by atoms with Crippen molar-refractivity contribution in [3.8, 4) is 33.4 Å². The van der Waals surface area contributed by atoms with Crippen LogP contribution < -0.4 is 4.90 Å². The van der Waals surface area contributed by atoms with E-state index in [1.807, 2.05) is 23.5 Å². The van der Waals surface area contributed by atoms with Crippen molar-refractivity contribution in [3.05, 3.63) is 188 Å². The fourth-order valence-corrected chi connectivity index (χ4v) is 8.45. The van der Waals surface area contributed by atoms with Crippen LogP contribution in [0.25, 0.3) is 75.5 Å². The number of fused-ring (bicyclic) bond motifs is 6. The van der Waals surface area contributed by atoms with E-state index in [2.05, 4.69) is 181 Å². The second-order valence-corrected chi connectivity index (χ2v) is 14.0. The van der Waals surface area contributed by atoms with Crippen LogP contribution in [0.3, 0.4) is 0 Å². The first kappa shape index (κ1) is 29.5. The second kappa shape index (κ2) is 12.2. The number of nitrogens with zero attached hydrogens (tertiary/aromatic N) is 1. The Balaban J connectivity index is 1.06. The highest BCUT2D eigenvalue weighted by Gasteiger charge is 2.19. The minimum absolute atomic E-state index is 0.877. The van der Waals surface area contributed by atoms with Crippen LogP contribution in [0.15, 0.2) is 192 Å². The molecule has 0 radical (unpaired) electrons. The minimum Gasteiger partial charge on any atom is -0.456 e. The molecule has 0 saturated heterocycles. The molecule has 2 aromatic heterocycles. The van der Waals surface area contributed by atoms with E-state index < -0.39 is 0 Å². The van der Waals surface area contributed by atoms with Crippen LogP contribution in [0.1, 0.15) is 0 Å². The third kappa shape index (κ3) is 5.18. The number of hydrogen-bond acceptors (Lipinski definition) is 3. The van der Waals surface area contributed by atoms with Gasteiger partial charge in [0.15, 0.2) is 0 Å². The summed E-state index contributed by atoms with van der Waals surface area (Å²) in [5.41, 5.74) is 12.2. The first-order chi connectivity index (χ1) is 25.3. The topological polar surface area (TPSA) is 16.4 Å². The average Bonchev–Trinajstić information content (AvgIpc) is 3.78. The summed E-state index contributed by atoms with van der Waals surface area (Å²) in [4.78, 5) is 2.35. The molecule has 0 fully saturated rings. The molecule has 0 bridgehead atoms. The number of para-hydroxylation sites is 1. The van der Waals surface area contributed by atoms with E-state index in [4.69, 9.17) is 4.42 Å². The Morgan fingerprint density at radius 3 is 1.57 bits per heavy atom. The summed E-state index contributed by atoms with van der Waals surface area (Å²) in [5.74, 6) is 0. The van der Waals surface area contributed by atoms with E-state index >= 15 is 0 Å². The summed E-state index contributed by atoms with van der Waals surface area (Å²) in [7, 11) is 0. The first-order valence-corrected chi connectivity index (χ1v) is 18.1. The van der Waals surface area contributed by atoms with Crippen LogP contribution in [-0.4, -0.2) is 0 Å². The number of furan rings is 1. The van der Waals surface area contributed by atoms with E-state index in [9.17, 15) is 0 Å². The average molecular weight is 670 g/mol. The Kier molecular flexibility index (Phi) is 7.04. The van der Waals surface area contributed by atoms with Crippen LogP contribution in [0.4, 0.5) is 17.1 Å². The molecule has 0 saturated carbocycles. The van der Waals surface area contributed by atoms with E-state index in [1.54, 1.807) is 0 Å². The lowest BCUT2D eigenvalue weighted by atomic mass is 9.99. The number of rotatable bonds is 6. The van der Waals surface area contributed by atoms with Gasteiger partial charge in [-0.25, -0.2) is 0 Å². The molecule has 3 heteroatoms. The zero-order valence-electron chi connectivity index (χ0n) is 27.7. The van der Waals surface area contributed by atoms with Crippen LogP contribution in [0.2, 0.25) is 0 Å². The van der Waals surface area contributed by atoms with Crippen LogP contribution in [-0.2, 0) is 0 Å². The van der Waals surface area contributed by atoms with Gasteiger partial charge in [-0.05, 0) is 94.0 Å². The van der Waals surface area contributed by atoms with Crippen molar-refractivity contribution in [2.45, 2.75) is 0 Å². The van der Waals surface area contributed by atoms with Crippen LogP contribution in [0.5, 0.6) is 0 Å². The Bertz CT molecular complexity index is 2830. The second-order valence-electron chi connectivity index (χ2n) is 12.9. The zero-order chi connectivity index (χ0) is 33.7. The number of thiophene rings is 1. The van der Waals surface area contributed by atoms with Gasteiger partial charge >= 0.3 is 0 Å². The molecule has 0 unspecified atom stereocenters. The summed E-state index contributed by atoms with van der Waals surface area (Å²) in [6.07, 6.45) is 0. The highest BCUT2D eigenvalue weighted by Crippen LogP contribution is 2.44. The molecule has 8 aromatic carbocycles. The Morgan fingerprint density at radius 2 is 0.863 bits per heavy atom. The van der Waals surface area contributed by atoms with Crippen molar-refractivity contribution in [3.63, 3.8) is 0 Å². The fourth-order valence-electron chi connectivity index (χ4n) is 7.37. The number of hydrogen-bond donors (Lipinski definition) is 0. The quantitative estimate of drug-likeness (QED) is 0.175. The molecule has 2 nitrogen and oxygen atoms in total. The summed E-state index contributed by atoms with van der Waals surface area (Å²) < 4.78 is 8.99. The van der Waals surface area contributed by atoms with Gasteiger partial charge in [0.1, 0.15) is 11.2 Å². The van der Waals surface area contributed by atoms with Gasteiger partial charge in [0.2, 0.25) is 0 Å². The third-order valence-corrected chi connectivity index (χ3v) is 11.1. The molecule has 10 rings (SSSR count). The summed E-state index contributed by atoms with van der Waals surface area (Å²) in [6.45, 7) is 0. The van der Waals surface area contributed by atoms with Crippen molar-refractivity contribution < 1.29 is 4.42 Å². The predicted octanol–water partition coefficient (Wildman–Crippen LogP) is 14.4. The van der Waals surface area contributed by atoms with Crippen LogP contribution in [0, 0.1) is 0 Å². The highest BCUT2D eigenvalue weighted by atomic mass is 32.1. The van der Waals surface area contributed by atoms with Gasteiger partial charge < -0.3 is 9.32 Å². The van der Waals surface area contributed by atoms with Crippen molar-refractivity contribution in [1.29, 1.82) is 0 Å². The zero-order valence-corrected chi connectivity index (χ0v) is 28.5. The van der Waals surface area contributed by atoms with Gasteiger partial charge in [0.05, 0.1) is 11.1 Å². The fraction of sp³-hybridized carbons (Fsp3) is 0. The van der Waals surface area contributed by atoms with Crippen molar-refractivity contribution in [1.82, 2.24) is 0 Å². The van der Waals surface area contributed by atoms with Gasteiger partial charge in [-0.3, -0.25) is 0 Å². The number of benzene rings is 8. The normalized spacial score (nSPS) is 11.5. The molecule has 0 atom stereocenters. The smallest absolute Gasteiger partial charge is 0.137 e. The van der Waals surface area contributed by atoms with Crippen LogP contribution >= 0.6 is 11.3 Å². The van der Waals surface area contributed by atoms with Crippen molar-refractivity contribution in [2.75, 3.05) is 4.90 Å². The van der Waals surface area contributed by atoms with Crippen molar-refractivity contribution >= 4 is 70.5 Å². The Hall–Kier alpha value is -6.42. The molecule has 0 aliphatic rings. The van der Waals surface area contributed by atoms with Crippen molar-refractivity contribution in [2.24, 2.45) is 0 Å². The molecular weight excluding hydrogens is 639 g/mol. The van der Waals surface area contributed by atoms with Gasteiger partial charge in [-0.1, -0.05) is 127 Å². The monoisotopic (exact) mass is 669 g/mol. The van der Waals surface area contributed by atoms with Gasteiger partial charge in [-0.15, -0.1) is 11.3 Å². The lowest BCUT2D eigenvalue weighted by molar-refractivity contribution is 0.669. The predicted molar refractivity (Wildman–Crippen MR) is 218 cm³/mol. The lowest BCUT2D eigenvalue weighted by Gasteiger charge is -2.26. The van der Waals surface area contributed by atoms with E-state index in [0.717, 1.165) is 39.0 Å².